The normalized spacial score (nSPS) is 20.9. The molecule has 0 aromatic carbocycles. The molecule has 136 valence electrons. The van der Waals surface area contributed by atoms with E-state index in [-0.39, 0.29) is 0 Å². The third-order valence-electron chi connectivity index (χ3n) is 5.58. The zero-order chi connectivity index (χ0) is 16.5. The van der Waals surface area contributed by atoms with Crippen molar-refractivity contribution in [2.75, 3.05) is 52.5 Å². The van der Waals surface area contributed by atoms with Crippen molar-refractivity contribution in [3.8, 4) is 0 Å². The largest absolute Gasteiger partial charge is 0.380 e. The minimum Gasteiger partial charge on any atom is -0.380 e. The fourth-order valence-electron chi connectivity index (χ4n) is 3.63. The van der Waals surface area contributed by atoms with E-state index < -0.39 is 0 Å². The van der Waals surface area contributed by atoms with E-state index in [1.807, 2.05) is 0 Å². The molecule has 0 unspecified atom stereocenters. The lowest BCUT2D eigenvalue weighted by Gasteiger charge is -2.35. The second kappa shape index (κ2) is 9.97. The third kappa shape index (κ3) is 6.69. The van der Waals surface area contributed by atoms with Crippen LogP contribution in [0.4, 0.5) is 0 Å². The molecule has 23 heavy (non-hydrogen) atoms. The topological polar surface area (TPSA) is 27.7 Å². The highest BCUT2D eigenvalue weighted by molar-refractivity contribution is 4.81. The number of likely N-dealkylation sites (tertiary alicyclic amines) is 2. The van der Waals surface area contributed by atoms with Crippen LogP contribution in [0.3, 0.4) is 0 Å². The predicted molar refractivity (Wildman–Crippen MR) is 97.8 cm³/mol. The number of nitrogens with one attached hydrogen (secondary N) is 1. The van der Waals surface area contributed by atoms with Gasteiger partial charge in [0.1, 0.15) is 0 Å². The number of hydrogen-bond donors (Lipinski definition) is 1. The number of rotatable bonds is 11. The Balaban J connectivity index is 1.58. The smallest absolute Gasteiger partial charge is 0.0634 e. The third-order valence-corrected chi connectivity index (χ3v) is 5.58. The molecule has 2 saturated heterocycles. The molecule has 0 saturated carbocycles. The lowest BCUT2D eigenvalue weighted by atomic mass is 9.92. The van der Waals surface area contributed by atoms with Gasteiger partial charge in [-0.1, -0.05) is 20.8 Å². The van der Waals surface area contributed by atoms with Gasteiger partial charge in [0.05, 0.1) is 19.4 Å². The fraction of sp³-hybridized carbons (Fsp3) is 1.00. The molecule has 0 bridgehead atoms. The Kier molecular flexibility index (Phi) is 8.31. The standard InChI is InChI=1S/C19H39N3O/c1-4-19(2,3)17-23-16-11-20-10-9-18(21-12-5-6-13-21)22-14-7-8-15-22/h18,20H,4-17H2,1-3H3. The Hall–Kier alpha value is -0.160. The molecule has 1 N–H and O–H groups in total. The van der Waals surface area contributed by atoms with Crippen LogP contribution in [0, 0.1) is 5.41 Å². The van der Waals surface area contributed by atoms with Gasteiger partial charge in [-0.25, -0.2) is 0 Å². The van der Waals surface area contributed by atoms with Crippen molar-refractivity contribution in [1.82, 2.24) is 15.1 Å². The first kappa shape index (κ1) is 19.2. The molecular weight excluding hydrogens is 286 g/mol. The molecule has 0 aromatic rings. The molecule has 0 aliphatic carbocycles. The SMILES string of the molecule is CCC(C)(C)COCCNCCC(N1CCCC1)N1CCCC1. The maximum Gasteiger partial charge on any atom is 0.0634 e. The first-order chi connectivity index (χ1) is 11.1. The van der Waals surface area contributed by atoms with Gasteiger partial charge < -0.3 is 10.1 Å². The average molecular weight is 326 g/mol. The summed E-state index contributed by atoms with van der Waals surface area (Å²) in [5, 5.41) is 3.59. The van der Waals surface area contributed by atoms with E-state index >= 15 is 0 Å². The summed E-state index contributed by atoms with van der Waals surface area (Å²) in [6.45, 7) is 15.8. The quantitative estimate of drug-likeness (QED) is 0.591. The Morgan fingerprint density at radius 1 is 0.957 bits per heavy atom. The van der Waals surface area contributed by atoms with Crippen LogP contribution in [0.1, 0.15) is 59.3 Å². The van der Waals surface area contributed by atoms with Gasteiger partial charge >= 0.3 is 0 Å². The maximum atomic E-state index is 5.81. The highest BCUT2D eigenvalue weighted by Crippen LogP contribution is 2.21. The van der Waals surface area contributed by atoms with Gasteiger partial charge in [0, 0.05) is 6.54 Å². The monoisotopic (exact) mass is 325 g/mol. The molecule has 2 fully saturated rings. The lowest BCUT2D eigenvalue weighted by Crippen LogP contribution is -2.47. The highest BCUT2D eigenvalue weighted by Gasteiger charge is 2.28. The second-order valence-corrected chi connectivity index (χ2v) is 8.08. The van der Waals surface area contributed by atoms with Crippen molar-refractivity contribution < 1.29 is 4.74 Å². The van der Waals surface area contributed by atoms with Crippen LogP contribution >= 0.6 is 0 Å². The lowest BCUT2D eigenvalue weighted by molar-refractivity contribution is 0.0582. The van der Waals surface area contributed by atoms with Crippen molar-refractivity contribution in [2.24, 2.45) is 5.41 Å². The van der Waals surface area contributed by atoms with Crippen LogP contribution in [-0.2, 0) is 4.74 Å². The molecule has 0 aromatic heterocycles. The first-order valence-electron chi connectivity index (χ1n) is 9.89. The fourth-order valence-corrected chi connectivity index (χ4v) is 3.63. The Bertz CT molecular complexity index is 294. The van der Waals surface area contributed by atoms with Crippen LogP contribution in [0.5, 0.6) is 0 Å². The van der Waals surface area contributed by atoms with Gasteiger partial charge in [-0.05, 0) is 76.7 Å². The van der Waals surface area contributed by atoms with Crippen molar-refractivity contribution in [1.29, 1.82) is 0 Å². The summed E-state index contributed by atoms with van der Waals surface area (Å²) in [7, 11) is 0. The maximum absolute atomic E-state index is 5.81. The van der Waals surface area contributed by atoms with E-state index in [0.29, 0.717) is 11.6 Å². The van der Waals surface area contributed by atoms with Crippen molar-refractivity contribution in [3.63, 3.8) is 0 Å². The number of ether oxygens (including phenoxy) is 1. The van der Waals surface area contributed by atoms with Gasteiger partial charge in [0.15, 0.2) is 0 Å². The molecule has 2 heterocycles. The molecular formula is C19H39N3O. The molecule has 4 nitrogen and oxygen atoms in total. The summed E-state index contributed by atoms with van der Waals surface area (Å²) in [6, 6.07) is 0. The second-order valence-electron chi connectivity index (χ2n) is 8.08. The van der Waals surface area contributed by atoms with Gasteiger partial charge in [-0.3, -0.25) is 9.80 Å². The average Bonchev–Trinajstić information content (AvgIpc) is 3.23. The Morgan fingerprint density at radius 2 is 1.52 bits per heavy atom. The minimum atomic E-state index is 0.316. The molecule has 0 atom stereocenters. The van der Waals surface area contributed by atoms with E-state index in [0.717, 1.165) is 26.3 Å². The first-order valence-corrected chi connectivity index (χ1v) is 9.89. The molecule has 4 heteroatoms. The molecule has 0 amide bonds. The Labute approximate surface area is 143 Å². The number of nitrogens with zero attached hydrogens (tertiary/aromatic N) is 2. The van der Waals surface area contributed by atoms with E-state index in [1.165, 1.54) is 64.7 Å². The van der Waals surface area contributed by atoms with E-state index in [1.54, 1.807) is 0 Å². The van der Waals surface area contributed by atoms with Gasteiger partial charge in [-0.2, -0.15) is 0 Å². The van der Waals surface area contributed by atoms with Crippen LogP contribution in [0.25, 0.3) is 0 Å². The molecule has 0 radical (unpaired) electrons. The molecule has 2 rings (SSSR count). The van der Waals surface area contributed by atoms with Crippen molar-refractivity contribution >= 4 is 0 Å². The Morgan fingerprint density at radius 3 is 2.04 bits per heavy atom. The summed E-state index contributed by atoms with van der Waals surface area (Å²) in [5.74, 6) is 0. The summed E-state index contributed by atoms with van der Waals surface area (Å²) in [5.41, 5.74) is 0.316. The predicted octanol–water partition coefficient (Wildman–Crippen LogP) is 2.94. The number of hydrogen-bond acceptors (Lipinski definition) is 4. The summed E-state index contributed by atoms with van der Waals surface area (Å²) < 4.78 is 5.81. The summed E-state index contributed by atoms with van der Waals surface area (Å²) in [4.78, 5) is 5.43. The zero-order valence-electron chi connectivity index (χ0n) is 15.8. The summed E-state index contributed by atoms with van der Waals surface area (Å²) in [6.07, 6.45) is 8.65. The van der Waals surface area contributed by atoms with E-state index in [9.17, 15) is 0 Å². The van der Waals surface area contributed by atoms with Gasteiger partial charge in [0.2, 0.25) is 0 Å². The molecule has 2 aliphatic heterocycles. The van der Waals surface area contributed by atoms with Crippen molar-refractivity contribution in [3.05, 3.63) is 0 Å². The van der Waals surface area contributed by atoms with Gasteiger partial charge in [-0.15, -0.1) is 0 Å². The zero-order valence-corrected chi connectivity index (χ0v) is 15.8. The van der Waals surface area contributed by atoms with Gasteiger partial charge in [0.25, 0.3) is 0 Å². The molecule has 2 aliphatic rings. The van der Waals surface area contributed by atoms with Crippen LogP contribution < -0.4 is 5.32 Å². The van der Waals surface area contributed by atoms with Crippen LogP contribution in [0.15, 0.2) is 0 Å². The van der Waals surface area contributed by atoms with Crippen LogP contribution in [-0.4, -0.2) is 68.4 Å². The van der Waals surface area contributed by atoms with E-state index in [2.05, 4.69) is 35.9 Å². The highest BCUT2D eigenvalue weighted by atomic mass is 16.5. The molecule has 0 spiro atoms. The van der Waals surface area contributed by atoms with Crippen LogP contribution in [0.2, 0.25) is 0 Å². The minimum absolute atomic E-state index is 0.316. The van der Waals surface area contributed by atoms with Crippen molar-refractivity contribution in [2.45, 2.75) is 65.5 Å². The van der Waals surface area contributed by atoms with E-state index in [4.69, 9.17) is 4.74 Å². The summed E-state index contributed by atoms with van der Waals surface area (Å²) >= 11 is 0.